The standard InChI is InChI=1S/C28H31N3O5/c1-17(16-33-3)29-12-13-34-20-6-8-22-24(14-20)30-11-10-25(22)36-21-7-9-23-26(15-21)35-18(2)27(23)28(32)31-19-4-5-19/h6-11,14-15,17,19,29H,4-5,12-13,16H2,1-3H3,(H,31,32). The molecule has 1 unspecified atom stereocenters. The van der Waals surface area contributed by atoms with Gasteiger partial charge >= 0.3 is 0 Å². The Bertz CT molecular complexity index is 1380. The number of fused-ring (bicyclic) bond motifs is 2. The Labute approximate surface area is 209 Å². The fraction of sp³-hybridized carbons (Fsp3) is 0.357. The lowest BCUT2D eigenvalue weighted by Crippen LogP contribution is -2.33. The molecule has 2 aromatic carbocycles. The van der Waals surface area contributed by atoms with Gasteiger partial charge in [0, 0.05) is 54.8 Å². The number of nitrogens with one attached hydrogen (secondary N) is 2. The van der Waals surface area contributed by atoms with Crippen molar-refractivity contribution in [3.63, 3.8) is 0 Å². The third-order valence-corrected chi connectivity index (χ3v) is 6.16. The van der Waals surface area contributed by atoms with Gasteiger partial charge in [-0.3, -0.25) is 9.78 Å². The average Bonchev–Trinajstić information content (AvgIpc) is 3.61. The second-order valence-corrected chi connectivity index (χ2v) is 9.19. The van der Waals surface area contributed by atoms with Gasteiger partial charge in [-0.1, -0.05) is 0 Å². The van der Waals surface area contributed by atoms with E-state index in [2.05, 4.69) is 22.5 Å². The van der Waals surface area contributed by atoms with Crippen molar-refractivity contribution in [3.05, 3.63) is 60.0 Å². The highest BCUT2D eigenvalue weighted by atomic mass is 16.5. The number of aryl methyl sites for hydroxylation is 1. The van der Waals surface area contributed by atoms with Gasteiger partial charge in [0.05, 0.1) is 17.7 Å². The summed E-state index contributed by atoms with van der Waals surface area (Å²) >= 11 is 0. The van der Waals surface area contributed by atoms with Crippen molar-refractivity contribution in [2.24, 2.45) is 0 Å². The van der Waals surface area contributed by atoms with Crippen molar-refractivity contribution in [2.75, 3.05) is 26.9 Å². The minimum absolute atomic E-state index is 0.0826. The molecule has 2 N–H and O–H groups in total. The Morgan fingerprint density at radius 1 is 1.14 bits per heavy atom. The molecule has 4 aromatic rings. The predicted octanol–water partition coefficient (Wildman–Crippen LogP) is 4.98. The molecule has 8 heteroatoms. The SMILES string of the molecule is COCC(C)NCCOc1ccc2c(Oc3ccc4c(C(=O)NC5CC5)c(C)oc4c3)ccnc2c1. The molecule has 1 amide bonds. The number of ether oxygens (including phenoxy) is 3. The molecule has 36 heavy (non-hydrogen) atoms. The van der Waals surface area contributed by atoms with Crippen LogP contribution >= 0.6 is 0 Å². The number of hydrogen-bond acceptors (Lipinski definition) is 7. The van der Waals surface area contributed by atoms with E-state index < -0.39 is 0 Å². The fourth-order valence-electron chi connectivity index (χ4n) is 4.22. The first-order valence-electron chi connectivity index (χ1n) is 12.3. The zero-order valence-corrected chi connectivity index (χ0v) is 20.8. The van der Waals surface area contributed by atoms with Crippen LogP contribution in [-0.2, 0) is 4.74 Å². The van der Waals surface area contributed by atoms with Gasteiger partial charge < -0.3 is 29.3 Å². The van der Waals surface area contributed by atoms with Crippen LogP contribution in [-0.4, -0.2) is 49.8 Å². The molecule has 188 valence electrons. The number of nitrogens with zero attached hydrogens (tertiary/aromatic N) is 1. The molecule has 0 aliphatic heterocycles. The lowest BCUT2D eigenvalue weighted by Gasteiger charge is -2.13. The third-order valence-electron chi connectivity index (χ3n) is 6.16. The van der Waals surface area contributed by atoms with Crippen molar-refractivity contribution < 1.29 is 23.4 Å². The summed E-state index contributed by atoms with van der Waals surface area (Å²) < 4.78 is 23.1. The Hall–Kier alpha value is -3.62. The summed E-state index contributed by atoms with van der Waals surface area (Å²) in [5.74, 6) is 2.56. The minimum atomic E-state index is -0.0826. The molecule has 1 aliphatic rings. The van der Waals surface area contributed by atoms with E-state index in [0.717, 1.165) is 41.4 Å². The Kier molecular flexibility index (Phi) is 7.06. The van der Waals surface area contributed by atoms with Crippen LogP contribution in [0.2, 0.25) is 0 Å². The van der Waals surface area contributed by atoms with Gasteiger partial charge in [-0.2, -0.15) is 0 Å². The highest BCUT2D eigenvalue weighted by molar-refractivity contribution is 6.07. The number of carbonyl (C=O) groups excluding carboxylic acids is 1. The number of hydrogen-bond donors (Lipinski definition) is 2. The number of rotatable bonds is 11. The number of benzene rings is 2. The van der Waals surface area contributed by atoms with Crippen molar-refractivity contribution >= 4 is 27.8 Å². The lowest BCUT2D eigenvalue weighted by atomic mass is 10.1. The summed E-state index contributed by atoms with van der Waals surface area (Å²) in [6.45, 7) is 5.80. The summed E-state index contributed by atoms with van der Waals surface area (Å²) in [6.07, 6.45) is 3.79. The van der Waals surface area contributed by atoms with E-state index in [1.165, 1.54) is 0 Å². The van der Waals surface area contributed by atoms with Gasteiger partial charge in [-0.25, -0.2) is 0 Å². The highest BCUT2D eigenvalue weighted by Gasteiger charge is 2.27. The first-order valence-corrected chi connectivity index (χ1v) is 12.3. The van der Waals surface area contributed by atoms with E-state index in [9.17, 15) is 4.79 Å². The van der Waals surface area contributed by atoms with Crippen LogP contribution in [0.4, 0.5) is 0 Å². The summed E-state index contributed by atoms with van der Waals surface area (Å²) in [4.78, 5) is 17.1. The van der Waals surface area contributed by atoms with Crippen LogP contribution < -0.4 is 20.1 Å². The van der Waals surface area contributed by atoms with Crippen LogP contribution in [0.1, 0.15) is 35.9 Å². The number of pyridine rings is 1. The van der Waals surface area contributed by atoms with Gasteiger partial charge in [0.25, 0.3) is 5.91 Å². The largest absolute Gasteiger partial charge is 0.492 e. The normalized spacial score (nSPS) is 14.2. The topological polar surface area (TPSA) is 94.8 Å². The molecule has 0 bridgehead atoms. The molecule has 0 saturated heterocycles. The number of aromatic nitrogens is 1. The van der Waals surface area contributed by atoms with Gasteiger partial charge in [-0.15, -0.1) is 0 Å². The van der Waals surface area contributed by atoms with Crippen LogP contribution in [0.5, 0.6) is 17.2 Å². The van der Waals surface area contributed by atoms with Crippen LogP contribution in [0, 0.1) is 6.92 Å². The Morgan fingerprint density at radius 2 is 1.94 bits per heavy atom. The van der Waals surface area contributed by atoms with E-state index in [-0.39, 0.29) is 18.0 Å². The molecule has 1 fully saturated rings. The van der Waals surface area contributed by atoms with E-state index in [0.29, 0.717) is 41.6 Å². The number of methoxy groups -OCH3 is 1. The molecule has 2 aromatic heterocycles. The predicted molar refractivity (Wildman–Crippen MR) is 138 cm³/mol. The Balaban J connectivity index is 1.29. The number of amides is 1. The monoisotopic (exact) mass is 489 g/mol. The maximum atomic E-state index is 12.7. The summed E-state index contributed by atoms with van der Waals surface area (Å²) in [6, 6.07) is 13.7. The molecule has 0 radical (unpaired) electrons. The van der Waals surface area contributed by atoms with Gasteiger partial charge in [0.1, 0.15) is 35.2 Å². The van der Waals surface area contributed by atoms with E-state index in [4.69, 9.17) is 18.6 Å². The van der Waals surface area contributed by atoms with E-state index >= 15 is 0 Å². The average molecular weight is 490 g/mol. The molecule has 2 heterocycles. The van der Waals surface area contributed by atoms with Crippen LogP contribution in [0.3, 0.4) is 0 Å². The molecule has 1 atom stereocenters. The quantitative estimate of drug-likeness (QED) is 0.287. The zero-order chi connectivity index (χ0) is 25.1. The van der Waals surface area contributed by atoms with E-state index in [1.54, 1.807) is 13.3 Å². The van der Waals surface area contributed by atoms with Gasteiger partial charge in [-0.05, 0) is 57.0 Å². The van der Waals surface area contributed by atoms with Crippen molar-refractivity contribution in [3.8, 4) is 17.2 Å². The van der Waals surface area contributed by atoms with Crippen LogP contribution in [0.15, 0.2) is 53.1 Å². The lowest BCUT2D eigenvalue weighted by molar-refractivity contribution is 0.0951. The summed E-state index contributed by atoms with van der Waals surface area (Å²) in [5.41, 5.74) is 1.99. The maximum Gasteiger partial charge on any atom is 0.255 e. The maximum absolute atomic E-state index is 12.7. The summed E-state index contributed by atoms with van der Waals surface area (Å²) in [5, 5.41) is 8.04. The number of furan rings is 1. The van der Waals surface area contributed by atoms with Crippen molar-refractivity contribution in [1.29, 1.82) is 0 Å². The van der Waals surface area contributed by atoms with Gasteiger partial charge in [0.15, 0.2) is 0 Å². The molecule has 1 saturated carbocycles. The summed E-state index contributed by atoms with van der Waals surface area (Å²) in [7, 11) is 1.69. The second-order valence-electron chi connectivity index (χ2n) is 9.19. The molecule has 5 rings (SSSR count). The molecular formula is C28H31N3O5. The third kappa shape index (κ3) is 5.45. The minimum Gasteiger partial charge on any atom is -0.492 e. The molecular weight excluding hydrogens is 458 g/mol. The van der Waals surface area contributed by atoms with Gasteiger partial charge in [0.2, 0.25) is 0 Å². The Morgan fingerprint density at radius 3 is 2.75 bits per heavy atom. The first kappa shape index (κ1) is 24.1. The smallest absolute Gasteiger partial charge is 0.255 e. The molecule has 1 aliphatic carbocycles. The zero-order valence-electron chi connectivity index (χ0n) is 20.8. The van der Waals surface area contributed by atoms with Crippen LogP contribution in [0.25, 0.3) is 21.9 Å². The highest BCUT2D eigenvalue weighted by Crippen LogP contribution is 2.34. The van der Waals surface area contributed by atoms with E-state index in [1.807, 2.05) is 49.4 Å². The first-order chi connectivity index (χ1) is 17.5. The second kappa shape index (κ2) is 10.6. The van der Waals surface area contributed by atoms with Crippen molar-refractivity contribution in [1.82, 2.24) is 15.6 Å². The number of carbonyl (C=O) groups is 1. The van der Waals surface area contributed by atoms with Crippen molar-refractivity contribution in [2.45, 2.75) is 38.8 Å². The molecule has 0 spiro atoms. The molecule has 8 nitrogen and oxygen atoms in total. The fourth-order valence-corrected chi connectivity index (χ4v) is 4.22.